The van der Waals surface area contributed by atoms with Gasteiger partial charge in [0, 0.05) is 36.8 Å². The molecular weight excluding hydrogens is 520 g/mol. The lowest BCUT2D eigenvalue weighted by molar-refractivity contribution is 0.259. The van der Waals surface area contributed by atoms with Gasteiger partial charge in [0.1, 0.15) is 58.5 Å². The van der Waals surface area contributed by atoms with Crippen molar-refractivity contribution in [2.24, 2.45) is 0 Å². The highest BCUT2D eigenvalue weighted by molar-refractivity contribution is 5.62. The van der Waals surface area contributed by atoms with Crippen molar-refractivity contribution in [1.82, 2.24) is 0 Å². The Morgan fingerprint density at radius 1 is 0.429 bits per heavy atom. The van der Waals surface area contributed by atoms with Crippen LogP contribution < -0.4 is 0 Å². The lowest BCUT2D eigenvalue weighted by Gasteiger charge is -2.28. The molecule has 224 valence electrons. The summed E-state index contributed by atoms with van der Waals surface area (Å²) in [7, 11) is 0. The van der Waals surface area contributed by atoms with Gasteiger partial charge in [-0.2, -0.15) is 21.0 Å². The molecule has 0 aliphatic carbocycles. The molecule has 0 spiro atoms. The van der Waals surface area contributed by atoms with E-state index >= 15 is 0 Å². The first kappa shape index (κ1) is 36.0. The average molecular weight is 569 g/mol. The van der Waals surface area contributed by atoms with E-state index in [2.05, 4.69) is 79.7 Å². The van der Waals surface area contributed by atoms with Crippen LogP contribution in [-0.2, 0) is 9.47 Å². The Labute approximate surface area is 254 Å². The minimum absolute atomic E-state index is 0.217. The Morgan fingerprint density at radius 2 is 0.643 bits per heavy atom. The largest absolute Gasteiger partial charge is 0.465 e. The fourth-order valence-electron chi connectivity index (χ4n) is 5.55. The lowest BCUT2D eigenvalue weighted by Crippen LogP contribution is -2.13. The average Bonchev–Trinajstić information content (AvgIpc) is 2.99. The van der Waals surface area contributed by atoms with Crippen molar-refractivity contribution >= 4 is 0 Å². The van der Waals surface area contributed by atoms with Crippen molar-refractivity contribution in [3.05, 3.63) is 67.6 Å². The smallest absolute Gasteiger partial charge is 0.137 e. The summed E-state index contributed by atoms with van der Waals surface area (Å²) in [6.45, 7) is 16.7. The van der Waals surface area contributed by atoms with Gasteiger partial charge in [0.05, 0.1) is 0 Å². The van der Waals surface area contributed by atoms with E-state index in [1.807, 2.05) is 0 Å². The maximum atomic E-state index is 9.32. The highest BCUT2D eigenvalue weighted by Gasteiger charge is 2.28. The molecule has 0 saturated heterocycles. The molecule has 0 N–H and O–H groups in total. The summed E-state index contributed by atoms with van der Waals surface area (Å²) in [5, 5.41) is 37.3. The summed E-state index contributed by atoms with van der Waals surface area (Å²) >= 11 is 0. The fraction of sp³-hybridized carbons (Fsp3) is 0.556. The summed E-state index contributed by atoms with van der Waals surface area (Å²) in [5.41, 5.74) is 6.24. The fourth-order valence-corrected chi connectivity index (χ4v) is 5.55. The first-order valence-corrected chi connectivity index (χ1v) is 15.7. The maximum Gasteiger partial charge on any atom is 0.137 e. The van der Waals surface area contributed by atoms with Gasteiger partial charge in [0.15, 0.2) is 0 Å². The van der Waals surface area contributed by atoms with Gasteiger partial charge in [0.25, 0.3) is 0 Å². The molecule has 6 heteroatoms. The molecule has 0 aromatic heterocycles. The van der Waals surface area contributed by atoms with Gasteiger partial charge in [-0.3, -0.25) is 0 Å². The molecule has 42 heavy (non-hydrogen) atoms. The number of nitriles is 4. The number of hydrogen-bond donors (Lipinski definition) is 0. The van der Waals surface area contributed by atoms with Crippen LogP contribution in [-0.4, -0.2) is 0 Å². The van der Waals surface area contributed by atoms with E-state index in [4.69, 9.17) is 9.47 Å². The van der Waals surface area contributed by atoms with Crippen molar-refractivity contribution in [1.29, 1.82) is 21.0 Å². The van der Waals surface area contributed by atoms with Crippen molar-refractivity contribution in [2.75, 3.05) is 0 Å². The standard InChI is InChI=1S/2C18H24N2O/c2*1-5-9-16-14(7-3)18(13(11-19)12-20)15(8-4)17(21-16)10-6-2/h2*5-10H2,1-4H3. The van der Waals surface area contributed by atoms with E-state index in [0.29, 0.717) is 0 Å². The first-order chi connectivity index (χ1) is 20.4. The monoisotopic (exact) mass is 568 g/mol. The normalized spacial score (nSPS) is 14.7. The topological polar surface area (TPSA) is 114 Å². The maximum absolute atomic E-state index is 9.32. The van der Waals surface area contributed by atoms with Crippen LogP contribution in [0.25, 0.3) is 0 Å². The zero-order valence-corrected chi connectivity index (χ0v) is 27.1. The predicted molar refractivity (Wildman–Crippen MR) is 168 cm³/mol. The van der Waals surface area contributed by atoms with E-state index < -0.39 is 0 Å². The minimum Gasteiger partial charge on any atom is -0.465 e. The minimum atomic E-state index is 0.217. The third-order valence-electron chi connectivity index (χ3n) is 7.32. The second-order valence-corrected chi connectivity index (χ2v) is 10.2. The van der Waals surface area contributed by atoms with Crippen molar-refractivity contribution < 1.29 is 9.47 Å². The molecule has 0 atom stereocenters. The molecule has 0 amide bonds. The van der Waals surface area contributed by atoms with Crippen molar-refractivity contribution in [3.63, 3.8) is 0 Å². The molecule has 0 unspecified atom stereocenters. The molecule has 0 bridgehead atoms. The van der Waals surface area contributed by atoms with Gasteiger partial charge in [-0.1, -0.05) is 55.4 Å². The quantitative estimate of drug-likeness (QED) is 0.216. The Kier molecular flexibility index (Phi) is 16.5. The van der Waals surface area contributed by atoms with Gasteiger partial charge < -0.3 is 9.47 Å². The number of nitrogens with zero attached hydrogens (tertiary/aromatic N) is 4. The third kappa shape index (κ3) is 8.51. The van der Waals surface area contributed by atoms with E-state index in [9.17, 15) is 21.0 Å². The van der Waals surface area contributed by atoms with Crippen LogP contribution in [0.5, 0.6) is 0 Å². The summed E-state index contributed by atoms with van der Waals surface area (Å²) in [6.07, 6.45) is 10.5. The van der Waals surface area contributed by atoms with E-state index in [-0.39, 0.29) is 11.1 Å². The van der Waals surface area contributed by atoms with Crippen LogP contribution in [0.3, 0.4) is 0 Å². The van der Waals surface area contributed by atoms with Crippen LogP contribution in [0.2, 0.25) is 0 Å². The SMILES string of the molecule is CCCC1=C(CC)C(=C(C#N)C#N)C(CC)=C(CCC)O1.CCCC1=C(CC)C(=C(C#N)C#N)C(CC)=C(CCC)O1. The van der Waals surface area contributed by atoms with Gasteiger partial charge in [0.2, 0.25) is 0 Å². The summed E-state index contributed by atoms with van der Waals surface area (Å²) in [4.78, 5) is 0. The molecule has 6 nitrogen and oxygen atoms in total. The molecule has 0 aromatic rings. The van der Waals surface area contributed by atoms with Crippen LogP contribution in [0.4, 0.5) is 0 Å². The highest BCUT2D eigenvalue weighted by atomic mass is 16.5. The summed E-state index contributed by atoms with van der Waals surface area (Å²) in [6, 6.07) is 8.28. The number of rotatable bonds is 12. The Balaban J connectivity index is 0.000000420. The Bertz CT molecular complexity index is 1140. The van der Waals surface area contributed by atoms with E-state index in [1.54, 1.807) is 0 Å². The first-order valence-electron chi connectivity index (χ1n) is 15.7. The van der Waals surface area contributed by atoms with Crippen LogP contribution in [0.15, 0.2) is 67.6 Å². The second kappa shape index (κ2) is 19.2. The van der Waals surface area contributed by atoms with E-state index in [0.717, 1.165) is 134 Å². The Hall–Kier alpha value is -4.00. The van der Waals surface area contributed by atoms with E-state index in [1.165, 1.54) is 0 Å². The van der Waals surface area contributed by atoms with Crippen molar-refractivity contribution in [3.8, 4) is 24.3 Å². The van der Waals surface area contributed by atoms with Gasteiger partial charge in [-0.05, 0) is 73.7 Å². The molecule has 2 rings (SSSR count). The molecule has 2 aliphatic rings. The van der Waals surface area contributed by atoms with Gasteiger partial charge in [-0.25, -0.2) is 0 Å². The molecular formula is C36H48N4O2. The lowest BCUT2D eigenvalue weighted by atomic mass is 9.85. The van der Waals surface area contributed by atoms with Gasteiger partial charge in [-0.15, -0.1) is 0 Å². The summed E-state index contributed by atoms with van der Waals surface area (Å²) in [5.74, 6) is 3.77. The van der Waals surface area contributed by atoms with Crippen molar-refractivity contribution in [2.45, 2.75) is 132 Å². The zero-order chi connectivity index (χ0) is 31.7. The third-order valence-corrected chi connectivity index (χ3v) is 7.32. The zero-order valence-electron chi connectivity index (χ0n) is 27.1. The number of hydrogen-bond acceptors (Lipinski definition) is 6. The molecule has 0 aromatic carbocycles. The molecule has 0 saturated carbocycles. The molecule has 0 fully saturated rings. The van der Waals surface area contributed by atoms with Crippen LogP contribution in [0, 0.1) is 45.3 Å². The van der Waals surface area contributed by atoms with Crippen LogP contribution >= 0.6 is 0 Å². The predicted octanol–water partition coefficient (Wildman–Crippen LogP) is 10.6. The Morgan fingerprint density at radius 3 is 0.786 bits per heavy atom. The van der Waals surface area contributed by atoms with Gasteiger partial charge >= 0.3 is 0 Å². The summed E-state index contributed by atoms with van der Waals surface area (Å²) < 4.78 is 12.3. The highest BCUT2D eigenvalue weighted by Crippen LogP contribution is 2.41. The molecule has 0 radical (unpaired) electrons. The number of ether oxygens (including phenoxy) is 2. The molecule has 2 heterocycles. The molecule has 2 aliphatic heterocycles. The van der Waals surface area contributed by atoms with Crippen LogP contribution in [0.1, 0.15) is 132 Å². The second-order valence-electron chi connectivity index (χ2n) is 10.2. The number of allylic oxidation sites excluding steroid dienone is 12.